The van der Waals surface area contributed by atoms with Crippen LogP contribution < -0.4 is 64.3 Å². The van der Waals surface area contributed by atoms with Gasteiger partial charge in [-0.15, -0.1) is 10.2 Å². The zero-order chi connectivity index (χ0) is 94.6. The predicted octanol–water partition coefficient (Wildman–Crippen LogP) is 9.20. The summed E-state index contributed by atoms with van der Waals surface area (Å²) in [5, 5.41) is 51.0. The standard InChI is InChI=1S/2C26H31N7O4.C21H19FN8O2.C21H20N8O2/c2*1-27-19-11-18(31-33-21(12-29-25(19)33)26(34)30-17-6-7-22(17)35-2)16-13-32(24-15(16)5-4-9-28-24)20-8-10-37-14-23(20)36-3;1-23-15-10-17(26-13-5-4-8-29(21(13)32)18-6-2-3-7-24-18)28-30-16(11-25-19(15)30)20(31)27-14-9-12(14)22;1-22-15-11-17(27-29-16(12-24-19(15)29)20(30)25-13-7-8-13)26-14-5-4-10-28(21(14)31)18-6-2-3-9-23-18/h2*4-5,9,11-13,17,20,22-23,27H,6-8,10,14H2,1-3H3,(H,30,34);2-8,10-12,14,23H,9H2,1H3,(H,26,28)(H,27,31);2-6,9-13,22H,7-8H2,1H3,(H,25,30)(H,26,27)/t17-,20+,22-,23+;17-,20-,22-,23-;12-,14+;/m000./s1. The van der Waals surface area contributed by atoms with Gasteiger partial charge in [0.25, 0.3) is 34.7 Å². The Labute approximate surface area is 780 Å². The zero-order valence-corrected chi connectivity index (χ0v) is 76.1. The summed E-state index contributed by atoms with van der Waals surface area (Å²) in [6, 6.07) is 32.6. The van der Waals surface area contributed by atoms with Gasteiger partial charge in [0, 0.05) is 166 Å². The number of nitrogens with zero attached hydrogens (tertiary/aromatic N) is 20. The number of rotatable bonds is 26. The first-order valence-electron chi connectivity index (χ1n) is 45.1. The van der Waals surface area contributed by atoms with Crippen molar-refractivity contribution >= 4 is 114 Å². The molecule has 22 rings (SSSR count). The van der Waals surface area contributed by atoms with E-state index in [4.69, 9.17) is 48.6 Å². The van der Waals surface area contributed by atoms with E-state index in [0.717, 1.165) is 95.9 Å². The summed E-state index contributed by atoms with van der Waals surface area (Å²) < 4.78 is 60.2. The quantitative estimate of drug-likeness (QED) is 0.0241. The topological polar surface area (TPSA) is 470 Å². The number of ether oxygens (including phenoxy) is 6. The fraction of sp³-hybridized carbons (Fsp3) is 0.340. The van der Waals surface area contributed by atoms with Crippen molar-refractivity contribution in [2.24, 2.45) is 0 Å². The van der Waals surface area contributed by atoms with Gasteiger partial charge in [-0.2, -0.15) is 10.2 Å². The highest BCUT2D eigenvalue weighted by Gasteiger charge is 2.41. The molecule has 2 saturated heterocycles. The number of carbonyl (C=O) groups is 4. The second kappa shape index (κ2) is 39.5. The summed E-state index contributed by atoms with van der Waals surface area (Å²) in [7, 11) is 13.9. The summed E-state index contributed by atoms with van der Waals surface area (Å²) >= 11 is 0. The number of hydrogen-bond acceptors (Lipinski definition) is 30. The lowest BCUT2D eigenvalue weighted by Gasteiger charge is -2.35. The second-order valence-electron chi connectivity index (χ2n) is 33.6. The second-order valence-corrected chi connectivity index (χ2v) is 33.6. The van der Waals surface area contributed by atoms with Gasteiger partial charge in [-0.05, 0) is 136 Å². The maximum atomic E-state index is 13.2. The van der Waals surface area contributed by atoms with Crippen LogP contribution in [0, 0.1) is 0 Å². The van der Waals surface area contributed by atoms with Gasteiger partial charge in [-0.25, -0.2) is 62.3 Å². The van der Waals surface area contributed by atoms with E-state index in [1.165, 1.54) is 30.6 Å². The van der Waals surface area contributed by atoms with Gasteiger partial charge in [0.1, 0.15) is 52.7 Å². The number of imidazole rings is 4. The van der Waals surface area contributed by atoms with Crippen LogP contribution >= 0.6 is 0 Å². The van der Waals surface area contributed by atoms with E-state index in [-0.39, 0.29) is 94.8 Å². The van der Waals surface area contributed by atoms with Crippen LogP contribution in [-0.2, 0) is 28.4 Å². The van der Waals surface area contributed by atoms with Crippen molar-refractivity contribution in [1.29, 1.82) is 0 Å². The van der Waals surface area contributed by atoms with Crippen molar-refractivity contribution in [1.82, 2.24) is 118 Å². The molecule has 0 bridgehead atoms. The predicted molar refractivity (Wildman–Crippen MR) is 508 cm³/mol. The van der Waals surface area contributed by atoms with Crippen LogP contribution in [0.5, 0.6) is 0 Å². The molecule has 137 heavy (non-hydrogen) atoms. The van der Waals surface area contributed by atoms with E-state index in [1.807, 2.05) is 56.6 Å². The molecule has 42 nitrogen and oxygen atoms in total. The molecule has 706 valence electrons. The molecule has 0 aromatic carbocycles. The Balaban J connectivity index is 0.000000117. The molecule has 6 fully saturated rings. The smallest absolute Gasteiger partial charge is 0.279 e. The largest absolute Gasteiger partial charge is 0.385 e. The molecule has 0 unspecified atom stereocenters. The number of carbonyl (C=O) groups excluding carboxylic acids is 4. The molecule has 0 spiro atoms. The Hall–Kier alpha value is -15.6. The van der Waals surface area contributed by atoms with Crippen molar-refractivity contribution in [2.45, 2.75) is 125 Å². The van der Waals surface area contributed by atoms with Gasteiger partial charge in [-0.3, -0.25) is 37.9 Å². The Morgan fingerprint density at radius 1 is 0.394 bits per heavy atom. The third-order valence-electron chi connectivity index (χ3n) is 25.3. The number of hydrogen-bond donors (Lipinski definition) is 10. The van der Waals surface area contributed by atoms with Crippen LogP contribution in [-0.4, -0.2) is 258 Å². The van der Waals surface area contributed by atoms with Crippen LogP contribution in [0.2, 0.25) is 0 Å². The number of pyridine rings is 6. The number of halogens is 1. The van der Waals surface area contributed by atoms with Crippen LogP contribution in [0.25, 0.3) is 78.8 Å². The van der Waals surface area contributed by atoms with Gasteiger partial charge in [-0.1, -0.05) is 12.1 Å². The Morgan fingerprint density at radius 2 is 0.774 bits per heavy atom. The SMILES string of the molecule is CNc1cc(-c2cn([C@@H]3CCOC[C@H]3OC)c3ncccc23)nn2c(C(=O)N[C@H]3CC[C@@H]3OC)cnc12.CNc1cc(-c2cn([C@H]3CCOC[C@@H]3OC)c3ncccc23)nn2c(C(=O)N[C@H]3CC[C@@H]3OC)cnc12.CNc1cc(Nc2cccn(-c3ccccn3)c2=O)nn2c(C(=O)NC3CC3)cnc12.CNc1cc(Nc2cccn(-c3ccccn3)c2=O)nn2c(C(=O)N[C@@H]3C[C@@H]3F)cnc12. The molecule has 4 amide bonds. The summed E-state index contributed by atoms with van der Waals surface area (Å²) in [5.41, 5.74) is 11.2. The van der Waals surface area contributed by atoms with Crippen LogP contribution in [0.1, 0.15) is 112 Å². The maximum Gasteiger partial charge on any atom is 0.279 e. The Bertz CT molecular complexity index is 7080. The molecule has 4 aliphatic carbocycles. The van der Waals surface area contributed by atoms with Gasteiger partial charge < -0.3 is 90.7 Å². The molecule has 4 saturated carbocycles. The average molecular weight is 1860 g/mol. The van der Waals surface area contributed by atoms with Crippen molar-refractivity contribution in [3.63, 3.8) is 0 Å². The van der Waals surface area contributed by atoms with Crippen molar-refractivity contribution < 1.29 is 52.0 Å². The minimum Gasteiger partial charge on any atom is -0.385 e. The molecule has 16 aromatic heterocycles. The number of methoxy groups -OCH3 is 4. The maximum absolute atomic E-state index is 13.2. The lowest BCUT2D eigenvalue weighted by molar-refractivity contribution is -0.0592. The molecular formula is C94H101FN30O12. The van der Waals surface area contributed by atoms with Crippen molar-refractivity contribution in [3.8, 4) is 34.2 Å². The number of aromatic nitrogens is 20. The molecule has 2 aliphatic heterocycles. The first-order valence-corrected chi connectivity index (χ1v) is 45.1. The van der Waals surface area contributed by atoms with Gasteiger partial charge >= 0.3 is 0 Å². The fourth-order valence-corrected chi connectivity index (χ4v) is 17.3. The first-order chi connectivity index (χ1) is 66.9. The van der Waals surface area contributed by atoms with Crippen LogP contribution in [0.4, 0.5) is 50.2 Å². The lowest BCUT2D eigenvalue weighted by atomic mass is 9.89. The van der Waals surface area contributed by atoms with E-state index < -0.39 is 18.1 Å². The summed E-state index contributed by atoms with van der Waals surface area (Å²) in [6.07, 6.45) is 26.8. The van der Waals surface area contributed by atoms with Gasteiger partial charge in [0.2, 0.25) is 0 Å². The van der Waals surface area contributed by atoms with E-state index >= 15 is 0 Å². The number of nitrogens with one attached hydrogen (secondary N) is 10. The molecule has 0 radical (unpaired) electrons. The highest BCUT2D eigenvalue weighted by Crippen LogP contribution is 2.40. The minimum absolute atomic E-state index is 0.00717. The summed E-state index contributed by atoms with van der Waals surface area (Å²) in [5.74, 6) is 0.584. The number of amides is 4. The normalized spacial score (nSPS) is 19.8. The number of anilines is 8. The van der Waals surface area contributed by atoms with E-state index in [1.54, 1.807) is 168 Å². The third-order valence-corrected chi connectivity index (χ3v) is 25.3. The van der Waals surface area contributed by atoms with E-state index in [9.17, 15) is 33.2 Å². The summed E-state index contributed by atoms with van der Waals surface area (Å²) in [4.78, 5) is 113. The van der Waals surface area contributed by atoms with Gasteiger partial charge in [0.05, 0.1) is 115 Å². The van der Waals surface area contributed by atoms with Crippen LogP contribution in [0.15, 0.2) is 193 Å². The van der Waals surface area contributed by atoms with Crippen molar-refractivity contribution in [3.05, 3.63) is 227 Å². The van der Waals surface area contributed by atoms with E-state index in [2.05, 4.69) is 115 Å². The third kappa shape index (κ3) is 18.3. The minimum atomic E-state index is -1.02. The highest BCUT2D eigenvalue weighted by molar-refractivity contribution is 5.99. The monoisotopic (exact) mass is 1860 g/mol. The highest BCUT2D eigenvalue weighted by atomic mass is 19.1. The molecule has 16 aromatic rings. The van der Waals surface area contributed by atoms with E-state index in [0.29, 0.717) is 124 Å². The molecule has 18 heterocycles. The molecule has 10 atom stereocenters. The first kappa shape index (κ1) is 90.6. The number of alkyl halides is 1. The van der Waals surface area contributed by atoms with Crippen LogP contribution in [0.3, 0.4) is 0 Å². The Kier molecular flexibility index (Phi) is 26.1. The average Bonchev–Trinajstić information content (AvgIpc) is 1.60. The molecular weight excluding hydrogens is 1760 g/mol. The van der Waals surface area contributed by atoms with Crippen molar-refractivity contribution in [2.75, 3.05) is 115 Å². The van der Waals surface area contributed by atoms with Gasteiger partial charge in [0.15, 0.2) is 57.0 Å². The molecule has 43 heteroatoms. The zero-order valence-electron chi connectivity index (χ0n) is 76.1. The summed E-state index contributed by atoms with van der Waals surface area (Å²) in [6.45, 7) is 2.41. The lowest BCUT2D eigenvalue weighted by Crippen LogP contribution is -2.51. The fourth-order valence-electron chi connectivity index (χ4n) is 17.3. The Morgan fingerprint density at radius 3 is 1.13 bits per heavy atom. The molecule has 6 aliphatic rings. The number of fused-ring (bicyclic) bond motifs is 6. The molecule has 10 N–H and O–H groups in total.